The molecule has 0 bridgehead atoms. The third-order valence-corrected chi connectivity index (χ3v) is 4.70. The van der Waals surface area contributed by atoms with Gasteiger partial charge in [-0.25, -0.2) is 13.8 Å². The van der Waals surface area contributed by atoms with Crippen molar-refractivity contribution in [1.82, 2.24) is 0 Å². The number of hydrogen-bond donors (Lipinski definition) is 2. The van der Waals surface area contributed by atoms with Gasteiger partial charge in [-0.2, -0.15) is 0 Å². The van der Waals surface area contributed by atoms with E-state index in [1.54, 1.807) is 7.11 Å². The zero-order valence-corrected chi connectivity index (χ0v) is 18.8. The number of rotatable bonds is 7. The summed E-state index contributed by atoms with van der Waals surface area (Å²) in [6.07, 6.45) is 2.86. The Balaban J connectivity index is 0.000000407. The molecule has 2 aromatic carbocycles. The number of carbonyl (C=O) groups is 1. The number of nitrogens with one attached hydrogen (secondary N) is 1. The third-order valence-electron chi connectivity index (χ3n) is 4.70. The Hall–Kier alpha value is -3.22. The van der Waals surface area contributed by atoms with Gasteiger partial charge < -0.3 is 15.8 Å². The summed E-state index contributed by atoms with van der Waals surface area (Å²) in [6.45, 7) is 10.8. The molecule has 0 unspecified atom stereocenters. The molecule has 168 valence electrons. The fourth-order valence-electron chi connectivity index (χ4n) is 2.83. The molecule has 0 aromatic heterocycles. The summed E-state index contributed by atoms with van der Waals surface area (Å²) in [5.74, 6) is -0.529. The van der Waals surface area contributed by atoms with Gasteiger partial charge >= 0.3 is 0 Å². The van der Waals surface area contributed by atoms with Crippen LogP contribution < -0.4 is 15.8 Å². The minimum absolute atomic E-state index is 0.0511. The molecule has 0 saturated carbocycles. The predicted molar refractivity (Wildman–Crippen MR) is 123 cm³/mol. The Morgan fingerprint density at radius 1 is 1.16 bits per heavy atom. The van der Waals surface area contributed by atoms with Gasteiger partial charge in [-0.1, -0.05) is 13.3 Å². The molecular formula is C24H31F2N3O2. The zero-order valence-electron chi connectivity index (χ0n) is 18.8. The van der Waals surface area contributed by atoms with E-state index >= 15 is 0 Å². The van der Waals surface area contributed by atoms with Gasteiger partial charge in [0.1, 0.15) is 17.4 Å². The van der Waals surface area contributed by atoms with Crippen molar-refractivity contribution in [2.24, 2.45) is 10.7 Å². The molecule has 0 heterocycles. The van der Waals surface area contributed by atoms with E-state index in [0.29, 0.717) is 24.1 Å². The summed E-state index contributed by atoms with van der Waals surface area (Å²) in [7, 11) is 1.63. The van der Waals surface area contributed by atoms with Crippen LogP contribution in [0.25, 0.3) is 0 Å². The van der Waals surface area contributed by atoms with Gasteiger partial charge in [-0.3, -0.25) is 4.79 Å². The Kier molecular flexibility index (Phi) is 10.4. The first-order valence-electron chi connectivity index (χ1n) is 9.93. The van der Waals surface area contributed by atoms with Gasteiger partial charge in [0.25, 0.3) is 5.91 Å². The lowest BCUT2D eigenvalue weighted by Crippen LogP contribution is -2.04. The average molecular weight is 432 g/mol. The molecule has 5 nitrogen and oxygen atoms in total. The standard InChI is InChI=1S/C17H19F2NO.C7H12N2O/c1-10-6-17(21-4)11(2)5-16(10)20-9-13-7-14(18)12(3)15(19)8-13;1-3-4-6(5-8)7(10)9-2/h5-8,20H,9H2,1-4H3;5H,2-4,8H2,1H3/b;6-5-. The molecule has 3 N–H and O–H groups in total. The van der Waals surface area contributed by atoms with Crippen molar-refractivity contribution in [2.45, 2.75) is 47.1 Å². The Bertz CT molecular complexity index is 933. The van der Waals surface area contributed by atoms with Crippen LogP contribution in [-0.4, -0.2) is 19.7 Å². The van der Waals surface area contributed by atoms with Crippen molar-refractivity contribution in [1.29, 1.82) is 0 Å². The van der Waals surface area contributed by atoms with Crippen LogP contribution in [0.1, 0.15) is 42.0 Å². The summed E-state index contributed by atoms with van der Waals surface area (Å²) in [6, 6.07) is 6.62. The summed E-state index contributed by atoms with van der Waals surface area (Å²) in [5, 5.41) is 3.21. The van der Waals surface area contributed by atoms with Gasteiger partial charge in [-0.15, -0.1) is 0 Å². The number of amides is 1. The smallest absolute Gasteiger partial charge is 0.273 e. The SMILES string of the molecule is C=NC(=O)/C(=C\N)CCC.COc1cc(C)c(NCc2cc(F)c(C)c(F)c2)cc1C. The number of nitrogens with zero attached hydrogens (tertiary/aromatic N) is 1. The van der Waals surface area contributed by atoms with Crippen LogP contribution in [0, 0.1) is 32.4 Å². The fourth-order valence-corrected chi connectivity index (χ4v) is 2.83. The molecule has 2 rings (SSSR count). The van der Waals surface area contributed by atoms with E-state index in [4.69, 9.17) is 10.5 Å². The lowest BCUT2D eigenvalue weighted by atomic mass is 10.1. The average Bonchev–Trinajstić information content (AvgIpc) is 2.75. The molecule has 1 amide bonds. The lowest BCUT2D eigenvalue weighted by molar-refractivity contribution is -0.114. The number of aliphatic imine (C=N–C) groups is 1. The molecule has 0 aliphatic heterocycles. The van der Waals surface area contributed by atoms with E-state index in [9.17, 15) is 13.6 Å². The molecule has 0 fully saturated rings. The fraction of sp³-hybridized carbons (Fsp3) is 0.333. The van der Waals surface area contributed by atoms with Crippen LogP contribution in [0.2, 0.25) is 0 Å². The highest BCUT2D eigenvalue weighted by molar-refractivity contribution is 5.96. The van der Waals surface area contributed by atoms with Gasteiger partial charge in [0.2, 0.25) is 0 Å². The Labute approximate surface area is 183 Å². The molecule has 0 aliphatic carbocycles. The minimum atomic E-state index is -0.519. The second-order valence-corrected chi connectivity index (χ2v) is 7.08. The molecular weight excluding hydrogens is 400 g/mol. The van der Waals surface area contributed by atoms with Crippen molar-refractivity contribution in [3.8, 4) is 5.75 Å². The van der Waals surface area contributed by atoms with Crippen LogP contribution in [0.5, 0.6) is 5.75 Å². The largest absolute Gasteiger partial charge is 0.496 e. The first-order chi connectivity index (χ1) is 14.7. The first-order valence-corrected chi connectivity index (χ1v) is 9.93. The number of carbonyl (C=O) groups excluding carboxylic acids is 1. The van der Waals surface area contributed by atoms with Crippen LogP contribution in [-0.2, 0) is 11.3 Å². The van der Waals surface area contributed by atoms with Gasteiger partial charge in [0.15, 0.2) is 0 Å². The number of nitrogens with two attached hydrogens (primary N) is 1. The Morgan fingerprint density at radius 3 is 2.26 bits per heavy atom. The zero-order chi connectivity index (χ0) is 23.6. The monoisotopic (exact) mass is 431 g/mol. The topological polar surface area (TPSA) is 76.7 Å². The van der Waals surface area contributed by atoms with Crippen LogP contribution in [0.15, 0.2) is 41.0 Å². The van der Waals surface area contributed by atoms with E-state index < -0.39 is 11.6 Å². The first kappa shape index (κ1) is 25.8. The third kappa shape index (κ3) is 7.51. The number of halogens is 2. The molecule has 0 spiro atoms. The molecule has 0 saturated heterocycles. The summed E-state index contributed by atoms with van der Waals surface area (Å²) in [5.41, 5.74) is 9.28. The van der Waals surface area contributed by atoms with Crippen molar-refractivity contribution in [3.05, 3.63) is 69.9 Å². The van der Waals surface area contributed by atoms with Crippen LogP contribution in [0.3, 0.4) is 0 Å². The molecule has 31 heavy (non-hydrogen) atoms. The maximum Gasteiger partial charge on any atom is 0.273 e. The molecule has 0 radical (unpaired) electrons. The van der Waals surface area contributed by atoms with Gasteiger partial charge in [0, 0.05) is 29.6 Å². The van der Waals surface area contributed by atoms with Crippen molar-refractivity contribution in [2.75, 3.05) is 12.4 Å². The van der Waals surface area contributed by atoms with Gasteiger partial charge in [0.05, 0.1) is 7.11 Å². The normalized spacial score (nSPS) is 10.7. The highest BCUT2D eigenvalue weighted by Crippen LogP contribution is 2.26. The summed E-state index contributed by atoms with van der Waals surface area (Å²) >= 11 is 0. The van der Waals surface area contributed by atoms with E-state index in [1.807, 2.05) is 32.9 Å². The predicted octanol–water partition coefficient (Wildman–Crippen LogP) is 5.37. The second-order valence-electron chi connectivity index (χ2n) is 7.08. The molecule has 0 atom stereocenters. The maximum absolute atomic E-state index is 13.5. The highest BCUT2D eigenvalue weighted by atomic mass is 19.1. The maximum atomic E-state index is 13.5. The van der Waals surface area contributed by atoms with Crippen molar-refractivity contribution >= 4 is 18.3 Å². The number of anilines is 1. The van der Waals surface area contributed by atoms with E-state index in [2.05, 4.69) is 17.0 Å². The van der Waals surface area contributed by atoms with Crippen molar-refractivity contribution in [3.63, 3.8) is 0 Å². The summed E-state index contributed by atoms with van der Waals surface area (Å²) in [4.78, 5) is 14.0. The number of benzene rings is 2. The number of aryl methyl sites for hydroxylation is 2. The number of hydrogen-bond acceptors (Lipinski definition) is 4. The summed E-state index contributed by atoms with van der Waals surface area (Å²) < 4.78 is 32.3. The molecule has 7 heteroatoms. The van der Waals surface area contributed by atoms with Gasteiger partial charge in [-0.05, 0) is 74.9 Å². The number of ether oxygens (including phenoxy) is 1. The molecule has 2 aromatic rings. The second kappa shape index (κ2) is 12.5. The van der Waals surface area contributed by atoms with E-state index in [-0.39, 0.29) is 11.5 Å². The highest BCUT2D eigenvalue weighted by Gasteiger charge is 2.08. The van der Waals surface area contributed by atoms with Crippen LogP contribution >= 0.6 is 0 Å². The van der Waals surface area contributed by atoms with Crippen LogP contribution in [0.4, 0.5) is 14.5 Å². The van der Waals surface area contributed by atoms with E-state index in [0.717, 1.165) is 29.0 Å². The molecule has 0 aliphatic rings. The number of methoxy groups -OCH3 is 1. The van der Waals surface area contributed by atoms with Crippen molar-refractivity contribution < 1.29 is 18.3 Å². The minimum Gasteiger partial charge on any atom is -0.496 e. The Morgan fingerprint density at radius 2 is 1.77 bits per heavy atom. The quantitative estimate of drug-likeness (QED) is 0.457. The lowest BCUT2D eigenvalue weighted by Gasteiger charge is -2.14. The van der Waals surface area contributed by atoms with E-state index in [1.165, 1.54) is 25.3 Å².